The highest BCUT2D eigenvalue weighted by atomic mass is 35.5. The van der Waals surface area contributed by atoms with Crippen LogP contribution in [-0.2, 0) is 4.79 Å². The fourth-order valence-corrected chi connectivity index (χ4v) is 4.65. The Bertz CT molecular complexity index is 1090. The second kappa shape index (κ2) is 8.81. The summed E-state index contributed by atoms with van der Waals surface area (Å²) in [5.41, 5.74) is 2.89. The first-order chi connectivity index (χ1) is 14.5. The minimum Gasteiger partial charge on any atom is -0.497 e. The van der Waals surface area contributed by atoms with Gasteiger partial charge in [-0.2, -0.15) is 0 Å². The van der Waals surface area contributed by atoms with E-state index in [1.54, 1.807) is 48.0 Å². The Hall–Kier alpha value is -2.96. The Morgan fingerprint density at radius 1 is 1.10 bits per heavy atom. The number of hydrogen-bond donors (Lipinski definition) is 1. The topological polar surface area (TPSA) is 58.6 Å². The van der Waals surface area contributed by atoms with Crippen LogP contribution in [0.25, 0.3) is 0 Å². The van der Waals surface area contributed by atoms with Crippen molar-refractivity contribution in [3.8, 4) is 5.75 Å². The van der Waals surface area contributed by atoms with Gasteiger partial charge in [0, 0.05) is 22.0 Å². The monoisotopic (exact) mass is 438 g/mol. The van der Waals surface area contributed by atoms with Gasteiger partial charge in [0.1, 0.15) is 11.1 Å². The number of ether oxygens (including phenoxy) is 1. The van der Waals surface area contributed by atoms with Crippen molar-refractivity contribution in [3.05, 3.63) is 88.9 Å². The minimum absolute atomic E-state index is 0.0449. The van der Waals surface area contributed by atoms with Gasteiger partial charge in [-0.1, -0.05) is 29.8 Å². The zero-order valence-electron chi connectivity index (χ0n) is 16.2. The highest BCUT2D eigenvalue weighted by Gasteiger charge is 2.34. The summed E-state index contributed by atoms with van der Waals surface area (Å²) >= 11 is 7.54. The van der Waals surface area contributed by atoms with Crippen molar-refractivity contribution in [2.75, 3.05) is 23.1 Å². The second-order valence-corrected chi connectivity index (χ2v) is 8.22. The zero-order valence-corrected chi connectivity index (χ0v) is 17.7. The van der Waals surface area contributed by atoms with Gasteiger partial charge < -0.3 is 10.1 Å². The first kappa shape index (κ1) is 20.3. The van der Waals surface area contributed by atoms with Crippen LogP contribution in [-0.4, -0.2) is 24.7 Å². The summed E-state index contributed by atoms with van der Waals surface area (Å²) in [6.07, 6.45) is 0. The normalized spacial score (nSPS) is 15.9. The molecule has 1 aliphatic heterocycles. The molecule has 152 valence electrons. The van der Waals surface area contributed by atoms with Crippen LogP contribution >= 0.6 is 23.4 Å². The average molecular weight is 439 g/mol. The number of methoxy groups -OCH3 is 1. The largest absolute Gasteiger partial charge is 0.497 e. The average Bonchev–Trinajstić information content (AvgIpc) is 3.15. The number of carbonyl (C=O) groups excluding carboxylic acids is 2. The van der Waals surface area contributed by atoms with Crippen LogP contribution in [0, 0.1) is 0 Å². The number of anilines is 2. The van der Waals surface area contributed by atoms with Crippen molar-refractivity contribution < 1.29 is 14.3 Å². The van der Waals surface area contributed by atoms with Crippen molar-refractivity contribution in [2.45, 2.75) is 5.37 Å². The standard InChI is InChI=1S/C23H19ClN2O3S/c1-29-20-10-8-19(9-11-20)26-21(27)14-30-23(26)16-5-3-7-18(13-16)25-22(28)15-4-2-6-17(24)12-15/h2-13,23H,14H2,1H3,(H,25,28). The number of hydrogen-bond acceptors (Lipinski definition) is 4. The maximum Gasteiger partial charge on any atom is 0.255 e. The first-order valence-corrected chi connectivity index (χ1v) is 10.7. The highest BCUT2D eigenvalue weighted by molar-refractivity contribution is 8.00. The van der Waals surface area contributed by atoms with E-state index in [4.69, 9.17) is 16.3 Å². The van der Waals surface area contributed by atoms with Gasteiger partial charge in [0.05, 0.1) is 12.9 Å². The molecule has 0 aliphatic carbocycles. The molecule has 1 unspecified atom stereocenters. The van der Waals surface area contributed by atoms with Gasteiger partial charge in [0.15, 0.2) is 0 Å². The van der Waals surface area contributed by atoms with Crippen molar-refractivity contribution in [1.29, 1.82) is 0 Å². The summed E-state index contributed by atoms with van der Waals surface area (Å²) in [6, 6.07) is 21.8. The molecule has 30 heavy (non-hydrogen) atoms. The lowest BCUT2D eigenvalue weighted by atomic mass is 10.1. The number of nitrogens with one attached hydrogen (secondary N) is 1. The molecule has 0 aromatic heterocycles. The zero-order chi connectivity index (χ0) is 21.1. The van der Waals surface area contributed by atoms with Gasteiger partial charge >= 0.3 is 0 Å². The lowest BCUT2D eigenvalue weighted by Crippen LogP contribution is -2.27. The quantitative estimate of drug-likeness (QED) is 0.581. The van der Waals surface area contributed by atoms with E-state index in [-0.39, 0.29) is 17.2 Å². The molecule has 1 fully saturated rings. The molecule has 0 saturated carbocycles. The van der Waals surface area contributed by atoms with Crippen LogP contribution in [0.1, 0.15) is 21.3 Å². The van der Waals surface area contributed by atoms with E-state index in [2.05, 4.69) is 5.32 Å². The van der Waals surface area contributed by atoms with Gasteiger partial charge in [-0.3, -0.25) is 14.5 Å². The van der Waals surface area contributed by atoms with Crippen LogP contribution in [0.2, 0.25) is 5.02 Å². The van der Waals surface area contributed by atoms with Gasteiger partial charge in [0.25, 0.3) is 5.91 Å². The Balaban J connectivity index is 1.57. The van der Waals surface area contributed by atoms with E-state index in [1.807, 2.05) is 48.5 Å². The number of benzene rings is 3. The molecule has 0 spiro atoms. The number of amides is 2. The molecule has 1 saturated heterocycles. The van der Waals surface area contributed by atoms with Crippen LogP contribution in [0.4, 0.5) is 11.4 Å². The van der Waals surface area contributed by atoms with E-state index in [0.717, 1.165) is 17.0 Å². The van der Waals surface area contributed by atoms with Gasteiger partial charge in [-0.25, -0.2) is 0 Å². The molecule has 1 heterocycles. The van der Waals surface area contributed by atoms with E-state index in [0.29, 0.717) is 22.0 Å². The van der Waals surface area contributed by atoms with Gasteiger partial charge in [-0.15, -0.1) is 11.8 Å². The molecular formula is C23H19ClN2O3S. The van der Waals surface area contributed by atoms with E-state index < -0.39 is 0 Å². The lowest BCUT2D eigenvalue weighted by molar-refractivity contribution is -0.115. The van der Waals surface area contributed by atoms with Crippen molar-refractivity contribution in [1.82, 2.24) is 0 Å². The van der Waals surface area contributed by atoms with Crippen molar-refractivity contribution >= 4 is 46.6 Å². The number of thioether (sulfide) groups is 1. The molecule has 1 atom stereocenters. The molecule has 7 heteroatoms. The molecular weight excluding hydrogens is 420 g/mol. The first-order valence-electron chi connectivity index (χ1n) is 9.30. The fraction of sp³-hybridized carbons (Fsp3) is 0.130. The number of nitrogens with zero attached hydrogens (tertiary/aromatic N) is 1. The van der Waals surface area contributed by atoms with E-state index in [1.165, 1.54) is 0 Å². The third kappa shape index (κ3) is 4.30. The second-order valence-electron chi connectivity index (χ2n) is 6.72. The molecule has 1 aliphatic rings. The van der Waals surface area contributed by atoms with Gasteiger partial charge in [0.2, 0.25) is 5.91 Å². The number of halogens is 1. The summed E-state index contributed by atoms with van der Waals surface area (Å²) in [7, 11) is 1.61. The summed E-state index contributed by atoms with van der Waals surface area (Å²) in [4.78, 5) is 26.9. The molecule has 3 aromatic carbocycles. The van der Waals surface area contributed by atoms with E-state index in [9.17, 15) is 9.59 Å². The lowest BCUT2D eigenvalue weighted by Gasteiger charge is -2.25. The van der Waals surface area contributed by atoms with Gasteiger partial charge in [-0.05, 0) is 60.2 Å². The highest BCUT2D eigenvalue weighted by Crippen LogP contribution is 2.42. The number of carbonyl (C=O) groups is 2. The molecule has 1 N–H and O–H groups in total. The summed E-state index contributed by atoms with van der Waals surface area (Å²) in [6.45, 7) is 0. The summed E-state index contributed by atoms with van der Waals surface area (Å²) < 4.78 is 5.21. The third-order valence-electron chi connectivity index (χ3n) is 4.73. The smallest absolute Gasteiger partial charge is 0.255 e. The van der Waals surface area contributed by atoms with Crippen molar-refractivity contribution in [2.24, 2.45) is 0 Å². The molecule has 3 aromatic rings. The Morgan fingerprint density at radius 3 is 2.60 bits per heavy atom. The van der Waals surface area contributed by atoms with Crippen LogP contribution < -0.4 is 15.0 Å². The molecule has 0 radical (unpaired) electrons. The van der Waals surface area contributed by atoms with Crippen molar-refractivity contribution in [3.63, 3.8) is 0 Å². The van der Waals surface area contributed by atoms with E-state index >= 15 is 0 Å². The maximum absolute atomic E-state index is 12.6. The molecule has 5 nitrogen and oxygen atoms in total. The molecule has 2 amide bonds. The fourth-order valence-electron chi connectivity index (χ4n) is 3.30. The Labute approximate surface area is 184 Å². The molecule has 4 rings (SSSR count). The van der Waals surface area contributed by atoms with Crippen LogP contribution in [0.5, 0.6) is 5.75 Å². The predicted octanol–water partition coefficient (Wildman–Crippen LogP) is 5.38. The number of rotatable bonds is 5. The summed E-state index contributed by atoms with van der Waals surface area (Å²) in [5, 5.41) is 3.24. The maximum atomic E-state index is 12.6. The van der Waals surface area contributed by atoms with Crippen LogP contribution in [0.15, 0.2) is 72.8 Å². The third-order valence-corrected chi connectivity index (χ3v) is 6.18. The minimum atomic E-state index is -0.239. The predicted molar refractivity (Wildman–Crippen MR) is 122 cm³/mol. The molecule has 0 bridgehead atoms. The SMILES string of the molecule is COc1ccc(N2C(=O)CSC2c2cccc(NC(=O)c3cccc(Cl)c3)c2)cc1. The Kier molecular flexibility index (Phi) is 5.97. The Morgan fingerprint density at radius 2 is 1.87 bits per heavy atom. The summed E-state index contributed by atoms with van der Waals surface area (Å²) in [5.74, 6) is 0.941. The van der Waals surface area contributed by atoms with Crippen LogP contribution in [0.3, 0.4) is 0 Å².